The smallest absolute Gasteiger partial charge is 0.161 e. The van der Waals surface area contributed by atoms with E-state index in [4.69, 9.17) is 15.2 Å². The molecule has 8 heteroatoms. The van der Waals surface area contributed by atoms with E-state index >= 15 is 0 Å². The molecule has 0 saturated carbocycles. The number of rotatable bonds is 8. The van der Waals surface area contributed by atoms with Gasteiger partial charge in [0.1, 0.15) is 41.6 Å². The molecule has 4 rings (SSSR count). The van der Waals surface area contributed by atoms with Gasteiger partial charge in [0.25, 0.3) is 0 Å². The van der Waals surface area contributed by atoms with Crippen LogP contribution in [0.3, 0.4) is 0 Å². The van der Waals surface area contributed by atoms with Gasteiger partial charge in [0.2, 0.25) is 0 Å². The molecule has 0 aliphatic rings. The Bertz CT molecular complexity index is 1480. The van der Waals surface area contributed by atoms with E-state index in [0.29, 0.717) is 29.4 Å². The molecule has 3 aromatic carbocycles. The number of nitrogen functional groups attached to an aromatic ring is 1. The average Bonchev–Trinajstić information content (AvgIpc) is 3.24. The van der Waals surface area contributed by atoms with Crippen LogP contribution in [0.25, 0.3) is 17.3 Å². The minimum absolute atomic E-state index is 0.121. The first kappa shape index (κ1) is 24.1. The number of nitrogens with zero attached hydrogens (tertiary/aromatic N) is 4. The number of nitriles is 2. The van der Waals surface area contributed by atoms with E-state index in [1.54, 1.807) is 36.4 Å². The molecule has 0 fully saturated rings. The predicted octanol–water partition coefficient (Wildman–Crippen LogP) is 5.51. The second kappa shape index (κ2) is 10.9. The molecule has 0 radical (unpaired) electrons. The molecule has 0 amide bonds. The van der Waals surface area contributed by atoms with Gasteiger partial charge in [-0.1, -0.05) is 36.4 Å². The van der Waals surface area contributed by atoms with E-state index in [9.17, 15) is 14.9 Å². The number of hydrogen-bond acceptors (Lipinski definition) is 6. The highest BCUT2D eigenvalue weighted by Gasteiger charge is 2.20. The third-order valence-electron chi connectivity index (χ3n) is 5.30. The van der Waals surface area contributed by atoms with E-state index in [0.717, 1.165) is 5.56 Å². The molecule has 0 atom stereocenters. The highest BCUT2D eigenvalue weighted by molar-refractivity contribution is 5.91. The Morgan fingerprint density at radius 3 is 2.44 bits per heavy atom. The summed E-state index contributed by atoms with van der Waals surface area (Å²) in [5.74, 6) is 0.833. The number of aromatic nitrogens is 2. The van der Waals surface area contributed by atoms with Gasteiger partial charge in [-0.3, -0.25) is 0 Å². The van der Waals surface area contributed by atoms with Crippen molar-refractivity contribution in [3.63, 3.8) is 0 Å². The zero-order valence-corrected chi connectivity index (χ0v) is 19.5. The van der Waals surface area contributed by atoms with Crippen molar-refractivity contribution in [2.75, 3.05) is 12.3 Å². The van der Waals surface area contributed by atoms with Crippen LogP contribution in [0.2, 0.25) is 0 Å². The molecule has 7 nitrogen and oxygen atoms in total. The number of halogens is 1. The van der Waals surface area contributed by atoms with Gasteiger partial charge in [-0.25, -0.2) is 9.07 Å². The average molecular weight is 480 g/mol. The third kappa shape index (κ3) is 5.19. The predicted molar refractivity (Wildman–Crippen MR) is 135 cm³/mol. The topological polar surface area (TPSA) is 110 Å². The van der Waals surface area contributed by atoms with E-state index in [1.165, 1.54) is 16.8 Å². The van der Waals surface area contributed by atoms with Gasteiger partial charge in [0, 0.05) is 0 Å². The quantitative estimate of drug-likeness (QED) is 0.334. The summed E-state index contributed by atoms with van der Waals surface area (Å²) in [6, 6.07) is 24.6. The van der Waals surface area contributed by atoms with Crippen LogP contribution in [0, 0.1) is 28.5 Å². The molecular formula is C28H22FN5O2. The largest absolute Gasteiger partial charge is 0.490 e. The lowest BCUT2D eigenvalue weighted by atomic mass is 10.1. The van der Waals surface area contributed by atoms with Crippen molar-refractivity contribution in [1.29, 1.82) is 10.5 Å². The van der Waals surface area contributed by atoms with Gasteiger partial charge in [0.05, 0.1) is 17.9 Å². The highest BCUT2D eigenvalue weighted by atomic mass is 19.1. The van der Waals surface area contributed by atoms with Gasteiger partial charge in [0.15, 0.2) is 11.5 Å². The summed E-state index contributed by atoms with van der Waals surface area (Å²) < 4.78 is 26.2. The van der Waals surface area contributed by atoms with E-state index in [1.807, 2.05) is 37.3 Å². The van der Waals surface area contributed by atoms with E-state index in [2.05, 4.69) is 17.2 Å². The Labute approximate surface area is 208 Å². The normalized spacial score (nSPS) is 10.9. The molecule has 0 aliphatic heterocycles. The Morgan fingerprint density at radius 1 is 1.03 bits per heavy atom. The molecule has 1 aromatic heterocycles. The van der Waals surface area contributed by atoms with Gasteiger partial charge in [-0.05, 0) is 60.5 Å². The Hall–Kier alpha value is -5.08. The summed E-state index contributed by atoms with van der Waals surface area (Å²) in [6.45, 7) is 2.49. The van der Waals surface area contributed by atoms with Crippen molar-refractivity contribution in [2.24, 2.45) is 0 Å². The van der Waals surface area contributed by atoms with Gasteiger partial charge in [-0.15, -0.1) is 0 Å². The molecule has 2 N–H and O–H groups in total. The molecule has 0 saturated heterocycles. The molecule has 0 unspecified atom stereocenters. The lowest BCUT2D eigenvalue weighted by Crippen LogP contribution is -2.02. The molecule has 178 valence electrons. The number of hydrogen-bond donors (Lipinski definition) is 1. The number of para-hydroxylation sites is 1. The Kier molecular flexibility index (Phi) is 7.28. The van der Waals surface area contributed by atoms with Crippen molar-refractivity contribution < 1.29 is 13.9 Å². The van der Waals surface area contributed by atoms with Gasteiger partial charge in [-0.2, -0.15) is 15.6 Å². The van der Waals surface area contributed by atoms with Gasteiger partial charge < -0.3 is 15.2 Å². The fourth-order valence-corrected chi connectivity index (χ4v) is 3.56. The lowest BCUT2D eigenvalue weighted by Gasteiger charge is -2.13. The number of nitrogens with two attached hydrogens (primary N) is 1. The number of benzene rings is 3. The number of ether oxygens (including phenoxy) is 2. The monoisotopic (exact) mass is 479 g/mol. The zero-order chi connectivity index (χ0) is 25.5. The first-order chi connectivity index (χ1) is 17.5. The van der Waals surface area contributed by atoms with Gasteiger partial charge >= 0.3 is 0 Å². The van der Waals surface area contributed by atoms with E-state index in [-0.39, 0.29) is 35.1 Å². The fourth-order valence-electron chi connectivity index (χ4n) is 3.56. The number of allylic oxidation sites excluding steroid dienone is 1. The standard InChI is InChI=1S/C28H22FN5O2/c1-2-35-26-15-20(10-13-25(26)36-18-19-8-11-22(29)12-9-19)14-21(16-30)27-24(17-31)28(32)34(33-27)23-6-4-3-5-7-23/h3-15H,2,18,32H2,1H3. The second-order valence-electron chi connectivity index (χ2n) is 7.69. The molecule has 0 aliphatic carbocycles. The summed E-state index contributed by atoms with van der Waals surface area (Å²) in [4.78, 5) is 0. The third-order valence-corrected chi connectivity index (χ3v) is 5.30. The maximum Gasteiger partial charge on any atom is 0.161 e. The van der Waals surface area contributed by atoms with Crippen LogP contribution in [0.5, 0.6) is 11.5 Å². The molecule has 0 bridgehead atoms. The van der Waals surface area contributed by atoms with Crippen LogP contribution in [0.1, 0.15) is 29.3 Å². The van der Waals surface area contributed by atoms with Crippen LogP contribution in [-0.4, -0.2) is 16.4 Å². The summed E-state index contributed by atoms with van der Waals surface area (Å²) >= 11 is 0. The fraction of sp³-hybridized carbons (Fsp3) is 0.107. The first-order valence-corrected chi connectivity index (χ1v) is 11.1. The molecule has 1 heterocycles. The Balaban J connectivity index is 1.66. The van der Waals surface area contributed by atoms with Crippen LogP contribution >= 0.6 is 0 Å². The maximum atomic E-state index is 13.2. The van der Waals surface area contributed by atoms with Crippen molar-refractivity contribution in [2.45, 2.75) is 13.5 Å². The minimum Gasteiger partial charge on any atom is -0.490 e. The van der Waals surface area contributed by atoms with Crippen LogP contribution in [-0.2, 0) is 6.61 Å². The SMILES string of the molecule is CCOc1cc(C=C(C#N)c2nn(-c3ccccc3)c(N)c2C#N)ccc1OCc1ccc(F)cc1. The number of anilines is 1. The summed E-state index contributed by atoms with van der Waals surface area (Å²) in [6.07, 6.45) is 1.62. The molecule has 36 heavy (non-hydrogen) atoms. The summed E-state index contributed by atoms with van der Waals surface area (Å²) in [5.41, 5.74) is 8.82. The summed E-state index contributed by atoms with van der Waals surface area (Å²) in [5, 5.41) is 24.1. The first-order valence-electron chi connectivity index (χ1n) is 11.1. The second-order valence-corrected chi connectivity index (χ2v) is 7.69. The van der Waals surface area contributed by atoms with Crippen molar-refractivity contribution in [3.8, 4) is 29.3 Å². The molecule has 0 spiro atoms. The minimum atomic E-state index is -0.312. The Morgan fingerprint density at radius 2 is 1.78 bits per heavy atom. The highest BCUT2D eigenvalue weighted by Crippen LogP contribution is 2.32. The van der Waals surface area contributed by atoms with Crippen molar-refractivity contribution in [1.82, 2.24) is 9.78 Å². The lowest BCUT2D eigenvalue weighted by molar-refractivity contribution is 0.269. The zero-order valence-electron chi connectivity index (χ0n) is 19.5. The summed E-state index contributed by atoms with van der Waals surface area (Å²) in [7, 11) is 0. The van der Waals surface area contributed by atoms with E-state index < -0.39 is 0 Å². The van der Waals surface area contributed by atoms with Crippen molar-refractivity contribution in [3.05, 3.63) is 101 Å². The molecular weight excluding hydrogens is 457 g/mol. The van der Waals surface area contributed by atoms with Crippen LogP contribution in [0.4, 0.5) is 10.2 Å². The van der Waals surface area contributed by atoms with Crippen LogP contribution < -0.4 is 15.2 Å². The van der Waals surface area contributed by atoms with Crippen molar-refractivity contribution >= 4 is 17.5 Å². The molecule has 4 aromatic rings. The maximum absolute atomic E-state index is 13.2. The van der Waals surface area contributed by atoms with Crippen LogP contribution in [0.15, 0.2) is 72.8 Å².